The van der Waals surface area contributed by atoms with Gasteiger partial charge in [0.2, 0.25) is 5.91 Å². The van der Waals surface area contributed by atoms with E-state index in [1.165, 1.54) is 13.5 Å². The fourth-order valence-electron chi connectivity index (χ4n) is 4.62. The van der Waals surface area contributed by atoms with Crippen LogP contribution in [0, 0.1) is 0 Å². The monoisotopic (exact) mass is 472 g/mol. The number of benzene rings is 2. The molecule has 1 saturated carbocycles. The van der Waals surface area contributed by atoms with Gasteiger partial charge in [0.15, 0.2) is 0 Å². The molecule has 4 aromatic rings. The van der Waals surface area contributed by atoms with Crippen molar-refractivity contribution < 1.29 is 14.3 Å². The Morgan fingerprint density at radius 1 is 1.11 bits per heavy atom. The van der Waals surface area contributed by atoms with Crippen LogP contribution in [0.15, 0.2) is 42.7 Å². The Kier molecular flexibility index (Phi) is 6.17. The third-order valence-electron chi connectivity index (χ3n) is 6.56. The highest BCUT2D eigenvalue weighted by molar-refractivity contribution is 6.07. The lowest BCUT2D eigenvalue weighted by Crippen LogP contribution is -2.27. The van der Waals surface area contributed by atoms with Gasteiger partial charge in [-0.3, -0.25) is 19.6 Å². The van der Waals surface area contributed by atoms with E-state index in [-0.39, 0.29) is 18.4 Å². The van der Waals surface area contributed by atoms with E-state index in [4.69, 9.17) is 9.72 Å². The minimum atomic E-state index is -0.286. The number of carbonyl (C=O) groups is 2. The number of hydrogen-bond acceptors (Lipinski definition) is 6. The zero-order chi connectivity index (χ0) is 24.5. The maximum absolute atomic E-state index is 13.7. The molecule has 5 rings (SSSR count). The molecule has 0 radical (unpaired) electrons. The van der Waals surface area contributed by atoms with Gasteiger partial charge in [-0.15, -0.1) is 0 Å². The van der Waals surface area contributed by atoms with Crippen LogP contribution in [0.4, 0.5) is 5.69 Å². The first kappa shape index (κ1) is 22.9. The summed E-state index contributed by atoms with van der Waals surface area (Å²) in [4.78, 5) is 41.1. The predicted octanol–water partition coefficient (Wildman–Crippen LogP) is 3.64. The Morgan fingerprint density at radius 3 is 2.60 bits per heavy atom. The molecule has 0 saturated heterocycles. The zero-order valence-corrected chi connectivity index (χ0v) is 20.1. The van der Waals surface area contributed by atoms with Crippen LogP contribution in [-0.2, 0) is 23.1 Å². The number of hydrogen-bond donors (Lipinski definition) is 1. The Balaban J connectivity index is 1.50. The molecule has 0 unspecified atom stereocenters. The van der Waals surface area contributed by atoms with Crippen molar-refractivity contribution in [3.8, 4) is 0 Å². The molecule has 180 valence electrons. The van der Waals surface area contributed by atoms with Crippen molar-refractivity contribution in [1.82, 2.24) is 24.4 Å². The first-order valence-electron chi connectivity index (χ1n) is 11.7. The fraction of sp³-hybridized carbons (Fsp3) is 0.346. The maximum Gasteiger partial charge on any atom is 0.256 e. The number of nitrogens with zero attached hydrogens (tertiary/aromatic N) is 5. The summed E-state index contributed by atoms with van der Waals surface area (Å²) in [5, 5.41) is 2.83. The van der Waals surface area contributed by atoms with Gasteiger partial charge in [0.1, 0.15) is 12.4 Å². The number of aromatic nitrogens is 4. The van der Waals surface area contributed by atoms with Crippen LogP contribution >= 0.6 is 0 Å². The van der Waals surface area contributed by atoms with Crippen molar-refractivity contribution >= 4 is 39.6 Å². The molecule has 2 heterocycles. The average Bonchev–Trinajstić information content (AvgIpc) is 3.12. The number of fused-ring (bicyclic) bond motifs is 2. The fourth-order valence-corrected chi connectivity index (χ4v) is 4.62. The summed E-state index contributed by atoms with van der Waals surface area (Å²) in [7, 11) is 5.20. The van der Waals surface area contributed by atoms with E-state index in [1.54, 1.807) is 30.4 Å². The smallest absolute Gasteiger partial charge is 0.256 e. The van der Waals surface area contributed by atoms with Crippen molar-refractivity contribution in [2.24, 2.45) is 7.05 Å². The quantitative estimate of drug-likeness (QED) is 0.441. The highest BCUT2D eigenvalue weighted by atomic mass is 16.5. The topological polar surface area (TPSA) is 102 Å². The summed E-state index contributed by atoms with van der Waals surface area (Å²) < 4.78 is 6.97. The second-order valence-corrected chi connectivity index (χ2v) is 9.07. The van der Waals surface area contributed by atoms with Gasteiger partial charge in [0, 0.05) is 51.7 Å². The van der Waals surface area contributed by atoms with Gasteiger partial charge in [-0.2, -0.15) is 0 Å². The highest BCUT2D eigenvalue weighted by Gasteiger charge is 2.27. The molecule has 0 spiro atoms. The standard InChI is InChI=1S/C26H28N6O3/c1-31(14-16-7-8-20-21(11-16)28-10-9-27-20)26(34)19-12-18(29-23(33)15-35-3)13-22-24(19)32(2)25(30-22)17-5-4-6-17/h7-13,17H,4-6,14-15H2,1-3H3,(H,29,33). The molecule has 1 aliphatic carbocycles. The second-order valence-electron chi connectivity index (χ2n) is 9.07. The number of methoxy groups -OCH3 is 1. The number of anilines is 1. The van der Waals surface area contributed by atoms with Gasteiger partial charge in [-0.25, -0.2) is 4.98 Å². The molecule has 9 heteroatoms. The number of rotatable bonds is 7. The number of amides is 2. The minimum absolute atomic E-state index is 0.0678. The number of ether oxygens (including phenoxy) is 1. The first-order chi connectivity index (χ1) is 16.9. The first-order valence-corrected chi connectivity index (χ1v) is 11.7. The summed E-state index contributed by atoms with van der Waals surface area (Å²) in [6.45, 7) is 0.335. The molecule has 2 aromatic carbocycles. The molecule has 1 fully saturated rings. The van der Waals surface area contributed by atoms with Crippen LogP contribution in [0.3, 0.4) is 0 Å². The van der Waals surface area contributed by atoms with Gasteiger partial charge >= 0.3 is 0 Å². The Labute approximate surface area is 203 Å². The van der Waals surface area contributed by atoms with Gasteiger partial charge in [0.25, 0.3) is 5.91 Å². The molecular formula is C26H28N6O3. The van der Waals surface area contributed by atoms with Crippen molar-refractivity contribution in [1.29, 1.82) is 0 Å². The molecule has 0 aliphatic heterocycles. The van der Waals surface area contributed by atoms with Crippen molar-refractivity contribution in [2.45, 2.75) is 31.7 Å². The maximum atomic E-state index is 13.7. The highest BCUT2D eigenvalue weighted by Crippen LogP contribution is 2.38. The number of imidazole rings is 1. The summed E-state index contributed by atoms with van der Waals surface area (Å²) in [6.07, 6.45) is 6.71. The van der Waals surface area contributed by atoms with Crippen molar-refractivity contribution in [2.75, 3.05) is 26.1 Å². The normalized spacial score (nSPS) is 13.7. The summed E-state index contributed by atoms with van der Waals surface area (Å²) in [6, 6.07) is 9.36. The molecule has 35 heavy (non-hydrogen) atoms. The molecule has 1 aliphatic rings. The predicted molar refractivity (Wildman–Crippen MR) is 133 cm³/mol. The van der Waals surface area contributed by atoms with E-state index in [9.17, 15) is 9.59 Å². The second kappa shape index (κ2) is 9.42. The third-order valence-corrected chi connectivity index (χ3v) is 6.56. The zero-order valence-electron chi connectivity index (χ0n) is 20.1. The summed E-state index contributed by atoms with van der Waals surface area (Å²) >= 11 is 0. The van der Waals surface area contributed by atoms with Gasteiger partial charge in [-0.05, 0) is 42.7 Å². The van der Waals surface area contributed by atoms with E-state index >= 15 is 0 Å². The van der Waals surface area contributed by atoms with Crippen LogP contribution < -0.4 is 5.32 Å². The van der Waals surface area contributed by atoms with Gasteiger partial charge < -0.3 is 19.5 Å². The lowest BCUT2D eigenvalue weighted by Gasteiger charge is -2.24. The number of aryl methyl sites for hydroxylation is 1. The van der Waals surface area contributed by atoms with Gasteiger partial charge in [0.05, 0.1) is 27.6 Å². The van der Waals surface area contributed by atoms with E-state index in [0.29, 0.717) is 29.2 Å². The third kappa shape index (κ3) is 4.46. The molecule has 9 nitrogen and oxygen atoms in total. The average molecular weight is 473 g/mol. The van der Waals surface area contributed by atoms with Crippen molar-refractivity contribution in [3.05, 3.63) is 59.7 Å². The number of carbonyl (C=O) groups excluding carboxylic acids is 2. The van der Waals surface area contributed by atoms with E-state index < -0.39 is 0 Å². The Morgan fingerprint density at radius 2 is 1.89 bits per heavy atom. The summed E-state index contributed by atoms with van der Waals surface area (Å²) in [5.41, 5.74) is 5.04. The summed E-state index contributed by atoms with van der Waals surface area (Å²) in [5.74, 6) is 0.945. The molecule has 0 atom stereocenters. The van der Waals surface area contributed by atoms with Crippen molar-refractivity contribution in [3.63, 3.8) is 0 Å². The van der Waals surface area contributed by atoms with Crippen LogP contribution in [0.1, 0.15) is 46.9 Å². The minimum Gasteiger partial charge on any atom is -0.375 e. The molecule has 2 aromatic heterocycles. The van der Waals surface area contributed by atoms with E-state index in [1.807, 2.05) is 35.9 Å². The largest absolute Gasteiger partial charge is 0.375 e. The number of nitrogens with one attached hydrogen (secondary N) is 1. The molecule has 2 amide bonds. The van der Waals surface area contributed by atoms with E-state index in [0.717, 1.165) is 40.8 Å². The van der Waals surface area contributed by atoms with Crippen LogP contribution in [0.25, 0.3) is 22.1 Å². The van der Waals surface area contributed by atoms with Crippen LogP contribution in [0.5, 0.6) is 0 Å². The van der Waals surface area contributed by atoms with E-state index in [2.05, 4.69) is 15.3 Å². The van der Waals surface area contributed by atoms with Crippen LogP contribution in [-0.4, -0.2) is 57.0 Å². The Bertz CT molecular complexity index is 1430. The molecular weight excluding hydrogens is 444 g/mol. The lowest BCUT2D eigenvalue weighted by molar-refractivity contribution is -0.119. The van der Waals surface area contributed by atoms with Gasteiger partial charge in [-0.1, -0.05) is 12.5 Å². The molecule has 0 bridgehead atoms. The Hall–Kier alpha value is -3.85. The molecule has 1 N–H and O–H groups in total. The SMILES string of the molecule is COCC(=O)Nc1cc(C(=O)N(C)Cc2ccc3nccnc3c2)c2c(c1)nc(C1CCC1)n2C. The lowest BCUT2D eigenvalue weighted by atomic mass is 9.85. The van der Waals surface area contributed by atoms with Crippen LogP contribution in [0.2, 0.25) is 0 Å².